The topological polar surface area (TPSA) is 184 Å². The molecule has 41 heavy (non-hydrogen) atoms. The van der Waals surface area contributed by atoms with Crippen LogP contribution in [0.15, 0.2) is 118 Å². The van der Waals surface area contributed by atoms with Gasteiger partial charge in [0, 0.05) is 36.6 Å². The minimum atomic E-state index is -0.441. The van der Waals surface area contributed by atoms with Crippen LogP contribution in [0.4, 0.5) is 8.78 Å². The molecular formula is C28H26CuF2N6O4. The molecule has 217 valence electrons. The van der Waals surface area contributed by atoms with Crippen molar-refractivity contribution in [2.75, 3.05) is 0 Å². The summed E-state index contributed by atoms with van der Waals surface area (Å²) in [6, 6.07) is 17.9. The van der Waals surface area contributed by atoms with E-state index in [4.69, 9.17) is 0 Å². The fourth-order valence-electron chi connectivity index (χ4n) is 2.84. The first-order valence-corrected chi connectivity index (χ1v) is 11.2. The Morgan fingerprint density at radius 3 is 1.10 bits per heavy atom. The maximum absolute atomic E-state index is 12.8. The molecule has 2 heterocycles. The van der Waals surface area contributed by atoms with Gasteiger partial charge in [0.15, 0.2) is 0 Å². The first-order valence-electron chi connectivity index (χ1n) is 11.2. The monoisotopic (exact) mass is 611 g/mol. The van der Waals surface area contributed by atoms with Crippen molar-refractivity contribution < 1.29 is 47.0 Å². The molecule has 1 radical (unpaired) electrons. The second kappa shape index (κ2) is 18.6. The zero-order valence-corrected chi connectivity index (χ0v) is 22.7. The van der Waals surface area contributed by atoms with Crippen LogP contribution in [0, 0.1) is 11.6 Å². The van der Waals surface area contributed by atoms with E-state index >= 15 is 0 Å². The van der Waals surface area contributed by atoms with Gasteiger partial charge in [0.2, 0.25) is 0 Å². The van der Waals surface area contributed by atoms with Crippen LogP contribution in [-0.2, 0) is 17.1 Å². The number of pyridine rings is 2. The van der Waals surface area contributed by atoms with E-state index in [1.807, 2.05) is 0 Å². The Kier molecular flexibility index (Phi) is 16.5. The number of rotatable bonds is 6. The number of halogens is 2. The molecule has 10 nitrogen and oxygen atoms in total. The van der Waals surface area contributed by atoms with Gasteiger partial charge in [0.1, 0.15) is 11.6 Å². The zero-order chi connectivity index (χ0) is 27.3. The predicted molar refractivity (Wildman–Crippen MR) is 146 cm³/mol. The zero-order valence-electron chi connectivity index (χ0n) is 21.8. The van der Waals surface area contributed by atoms with E-state index in [1.54, 1.807) is 62.4 Å². The smallest absolute Gasteiger partial charge is 0.857 e. The summed E-state index contributed by atoms with van der Waals surface area (Å²) >= 11 is 0. The fourth-order valence-corrected chi connectivity index (χ4v) is 2.84. The number of nitrogens with zero attached hydrogens (tertiary/aromatic N) is 6. The summed E-state index contributed by atoms with van der Waals surface area (Å²) in [5.74, 6) is -1.52. The molecule has 0 atom stereocenters. The molecule has 4 aromatic rings. The van der Waals surface area contributed by atoms with Crippen molar-refractivity contribution in [1.82, 2.24) is 9.97 Å². The first-order chi connectivity index (χ1) is 18.3. The standard InChI is InChI=1S/2C14H12FN3O.Cu.2H2O/c2*1-10(11-2-4-13(15)5-3-11)17-18-14(19)12-6-8-16-9-7-12;;;/h2*2-9H,1H3,(H,18,19);;2*1H2/q;;+2;;/p-2/b2*17-10+;;;. The van der Waals surface area contributed by atoms with E-state index in [-0.39, 0.29) is 39.7 Å². The molecule has 4 rings (SSSR count). The Morgan fingerprint density at radius 2 is 0.805 bits per heavy atom. The molecule has 0 saturated carbocycles. The third-order valence-electron chi connectivity index (χ3n) is 4.96. The van der Waals surface area contributed by atoms with Crippen LogP contribution in [0.5, 0.6) is 0 Å². The molecule has 0 aliphatic heterocycles. The number of hydrogen-bond acceptors (Lipinski definition) is 8. The summed E-state index contributed by atoms with van der Waals surface area (Å²) < 4.78 is 25.5. The summed E-state index contributed by atoms with van der Waals surface area (Å²) in [6.45, 7) is 3.41. The summed E-state index contributed by atoms with van der Waals surface area (Å²) in [5.41, 5.74) is 3.36. The Hall–Kier alpha value is -4.68. The van der Waals surface area contributed by atoms with Crippen LogP contribution in [0.1, 0.15) is 36.1 Å². The normalized spacial score (nSPS) is 11.6. The van der Waals surface area contributed by atoms with E-state index in [2.05, 4.69) is 30.4 Å². The van der Waals surface area contributed by atoms with Gasteiger partial charge in [-0.2, -0.15) is 20.4 Å². The molecule has 4 N–H and O–H groups in total. The van der Waals surface area contributed by atoms with Gasteiger partial charge in [-0.05, 0) is 84.6 Å². The van der Waals surface area contributed by atoms with Gasteiger partial charge in [-0.3, -0.25) is 9.97 Å². The van der Waals surface area contributed by atoms with Crippen molar-refractivity contribution in [3.63, 3.8) is 0 Å². The van der Waals surface area contributed by atoms with Gasteiger partial charge in [0.05, 0.1) is 11.4 Å². The Labute approximate surface area is 245 Å². The molecule has 2 aromatic heterocycles. The second-order valence-electron chi connectivity index (χ2n) is 7.67. The first kappa shape index (κ1) is 36.3. The Bertz CT molecular complexity index is 1340. The third-order valence-corrected chi connectivity index (χ3v) is 4.96. The molecule has 0 fully saturated rings. The van der Waals surface area contributed by atoms with Gasteiger partial charge in [-0.25, -0.2) is 8.78 Å². The van der Waals surface area contributed by atoms with Crippen LogP contribution < -0.4 is 10.2 Å². The Balaban J connectivity index is 0.000000727. The minimum Gasteiger partial charge on any atom is -0.857 e. The Morgan fingerprint density at radius 1 is 0.512 bits per heavy atom. The van der Waals surface area contributed by atoms with Crippen molar-refractivity contribution in [3.05, 3.63) is 131 Å². The molecule has 13 heteroatoms. The average molecular weight is 612 g/mol. The maximum atomic E-state index is 12.8. The summed E-state index contributed by atoms with van der Waals surface area (Å²) in [4.78, 5) is 7.63. The van der Waals surface area contributed by atoms with Crippen LogP contribution >= 0.6 is 0 Å². The number of aromatic nitrogens is 2. The molecule has 0 spiro atoms. The number of hydrogen-bond donors (Lipinski definition) is 0. The van der Waals surface area contributed by atoms with Gasteiger partial charge in [0.25, 0.3) is 0 Å². The molecule has 2 aromatic carbocycles. The summed E-state index contributed by atoms with van der Waals surface area (Å²) in [5, 5.41) is 38.3. The molecule has 0 unspecified atom stereocenters. The SMILES string of the molecule is C/C(=N\N=C(/[O-])c1ccncc1)c1ccc(F)cc1.C/C(=N\N=C(/[O-])c1ccncc1)c1ccc(F)cc1.O.O.[Cu+2]. The van der Waals surface area contributed by atoms with Crippen LogP contribution in [0.2, 0.25) is 0 Å². The summed E-state index contributed by atoms with van der Waals surface area (Å²) in [6.07, 6.45) is 6.05. The van der Waals surface area contributed by atoms with Crippen LogP contribution in [0.25, 0.3) is 0 Å². The van der Waals surface area contributed by atoms with Crippen molar-refractivity contribution in [2.24, 2.45) is 20.4 Å². The van der Waals surface area contributed by atoms with Gasteiger partial charge in [-0.15, -0.1) is 0 Å². The van der Waals surface area contributed by atoms with E-state index < -0.39 is 11.8 Å². The van der Waals surface area contributed by atoms with Crippen molar-refractivity contribution in [2.45, 2.75) is 13.8 Å². The van der Waals surface area contributed by atoms with Crippen molar-refractivity contribution >= 4 is 23.2 Å². The van der Waals surface area contributed by atoms with E-state index in [9.17, 15) is 19.0 Å². The summed E-state index contributed by atoms with van der Waals surface area (Å²) in [7, 11) is 0. The average Bonchev–Trinajstić information content (AvgIpc) is 2.96. The van der Waals surface area contributed by atoms with E-state index in [1.165, 1.54) is 49.1 Å². The second-order valence-corrected chi connectivity index (χ2v) is 7.67. The molecule has 0 aliphatic rings. The van der Waals surface area contributed by atoms with Crippen molar-refractivity contribution in [3.8, 4) is 0 Å². The molecule has 0 saturated heterocycles. The molecule has 0 bridgehead atoms. The molecule has 0 amide bonds. The fraction of sp³-hybridized carbons (Fsp3) is 0.0714. The van der Waals surface area contributed by atoms with Gasteiger partial charge >= 0.3 is 17.1 Å². The largest absolute Gasteiger partial charge is 2.00 e. The third kappa shape index (κ3) is 11.9. The molecular weight excluding hydrogens is 586 g/mol. The van der Waals surface area contributed by atoms with Gasteiger partial charge < -0.3 is 21.2 Å². The minimum absolute atomic E-state index is 0. The number of benzene rings is 2. The molecule has 0 aliphatic carbocycles. The van der Waals surface area contributed by atoms with Crippen LogP contribution in [-0.4, -0.2) is 44.1 Å². The van der Waals surface area contributed by atoms with Gasteiger partial charge in [-0.1, -0.05) is 24.3 Å². The quantitative estimate of drug-likeness (QED) is 0.139. The van der Waals surface area contributed by atoms with Crippen LogP contribution in [0.3, 0.4) is 0 Å². The maximum Gasteiger partial charge on any atom is 2.00 e. The van der Waals surface area contributed by atoms with E-state index in [0.29, 0.717) is 33.7 Å². The predicted octanol–water partition coefficient (Wildman–Crippen LogP) is 1.85. The van der Waals surface area contributed by atoms with Crippen molar-refractivity contribution in [1.29, 1.82) is 0 Å². The van der Waals surface area contributed by atoms with E-state index in [0.717, 1.165) is 0 Å².